The van der Waals surface area contributed by atoms with Gasteiger partial charge in [0.2, 0.25) is 5.91 Å². The maximum Gasteiger partial charge on any atom is 0.254 e. The molecule has 2 aliphatic heterocycles. The molecule has 0 spiro atoms. The van der Waals surface area contributed by atoms with Crippen LogP contribution in [0, 0.1) is 11.8 Å². The van der Waals surface area contributed by atoms with E-state index < -0.39 is 5.91 Å². The van der Waals surface area contributed by atoms with Crippen molar-refractivity contribution in [1.29, 1.82) is 0 Å². The SMILES string of the molecule is C=C(CN1Cc2c(cccc2-c2nc3ccc(C(=O)NCC4CCC5CC4CO5)cc3s2)C1=O)C(N)=O. The van der Waals surface area contributed by atoms with E-state index in [2.05, 4.69) is 11.9 Å². The molecule has 9 heteroatoms. The maximum absolute atomic E-state index is 12.9. The van der Waals surface area contributed by atoms with Crippen LogP contribution in [0.25, 0.3) is 20.8 Å². The number of fused-ring (bicyclic) bond motifs is 4. The van der Waals surface area contributed by atoms with E-state index in [0.29, 0.717) is 42.2 Å². The van der Waals surface area contributed by atoms with Gasteiger partial charge < -0.3 is 20.7 Å². The van der Waals surface area contributed by atoms with Gasteiger partial charge >= 0.3 is 0 Å². The number of nitrogens with one attached hydrogen (secondary N) is 1. The van der Waals surface area contributed by atoms with Gasteiger partial charge in [-0.05, 0) is 60.9 Å². The summed E-state index contributed by atoms with van der Waals surface area (Å²) in [5.74, 6) is 0.181. The van der Waals surface area contributed by atoms with Crippen molar-refractivity contribution in [2.24, 2.45) is 17.6 Å². The molecule has 3 atom stereocenters. The lowest BCUT2D eigenvalue weighted by Crippen LogP contribution is -2.34. The van der Waals surface area contributed by atoms with Crippen molar-refractivity contribution in [1.82, 2.24) is 15.2 Å². The number of nitrogens with two attached hydrogens (primary N) is 1. The molecule has 3 unspecified atom stereocenters. The van der Waals surface area contributed by atoms with Crippen LogP contribution in [0.5, 0.6) is 0 Å². The average Bonchev–Trinajstić information content (AvgIpc) is 3.58. The summed E-state index contributed by atoms with van der Waals surface area (Å²) >= 11 is 1.50. The van der Waals surface area contributed by atoms with Gasteiger partial charge in [-0.2, -0.15) is 0 Å². The molecule has 37 heavy (non-hydrogen) atoms. The third kappa shape index (κ3) is 4.42. The monoisotopic (exact) mass is 516 g/mol. The number of aromatic nitrogens is 1. The first kappa shape index (κ1) is 23.8. The number of carbonyl (C=O) groups is 3. The van der Waals surface area contributed by atoms with Crippen LogP contribution in [0.15, 0.2) is 48.6 Å². The first-order valence-electron chi connectivity index (χ1n) is 12.6. The molecule has 1 aliphatic carbocycles. The molecule has 1 saturated heterocycles. The highest BCUT2D eigenvalue weighted by molar-refractivity contribution is 7.21. The molecule has 3 heterocycles. The molecular weight excluding hydrogens is 488 g/mol. The highest BCUT2D eigenvalue weighted by Gasteiger charge is 2.36. The molecule has 3 N–H and O–H groups in total. The highest BCUT2D eigenvalue weighted by atomic mass is 32.1. The van der Waals surface area contributed by atoms with Gasteiger partial charge in [0.1, 0.15) is 5.01 Å². The van der Waals surface area contributed by atoms with Crippen LogP contribution in [0.1, 0.15) is 45.5 Å². The number of hydrogen-bond donors (Lipinski definition) is 2. The lowest BCUT2D eigenvalue weighted by atomic mass is 9.80. The standard InChI is InChI=1S/C28H28N4O4S/c1-15(25(29)33)12-32-13-22-20(3-2-4-21(22)28(32)35)27-31-23-8-6-16(10-24(23)37-27)26(34)30-11-17-5-7-19-9-18(17)14-36-19/h2-4,6,8,10,17-19H,1,5,7,9,11-14H2,(H2,29,33)(H,30,34). The van der Waals surface area contributed by atoms with Crippen LogP contribution in [-0.2, 0) is 16.1 Å². The zero-order valence-corrected chi connectivity index (χ0v) is 21.2. The van der Waals surface area contributed by atoms with Gasteiger partial charge in [0, 0.05) is 35.4 Å². The molecule has 1 aromatic heterocycles. The Morgan fingerprint density at radius 3 is 2.89 bits per heavy atom. The number of primary amides is 1. The zero-order valence-electron chi connectivity index (χ0n) is 20.4. The van der Waals surface area contributed by atoms with Crippen LogP contribution >= 0.6 is 11.3 Å². The second-order valence-corrected chi connectivity index (χ2v) is 11.2. The van der Waals surface area contributed by atoms with E-state index >= 15 is 0 Å². The molecule has 8 nitrogen and oxygen atoms in total. The van der Waals surface area contributed by atoms with Gasteiger partial charge in [0.15, 0.2) is 0 Å². The molecule has 190 valence electrons. The van der Waals surface area contributed by atoms with Gasteiger partial charge in [-0.3, -0.25) is 14.4 Å². The number of rotatable bonds is 7. The first-order valence-corrected chi connectivity index (χ1v) is 13.4. The summed E-state index contributed by atoms with van der Waals surface area (Å²) in [4.78, 5) is 43.6. The van der Waals surface area contributed by atoms with E-state index in [1.165, 1.54) is 11.3 Å². The number of benzene rings is 2. The predicted octanol–water partition coefficient (Wildman–Crippen LogP) is 3.51. The molecule has 6 rings (SSSR count). The molecule has 3 amide bonds. The predicted molar refractivity (Wildman–Crippen MR) is 141 cm³/mol. The van der Waals surface area contributed by atoms with Crippen LogP contribution in [-0.4, -0.2) is 53.4 Å². The van der Waals surface area contributed by atoms with E-state index in [9.17, 15) is 14.4 Å². The summed E-state index contributed by atoms with van der Waals surface area (Å²) in [6, 6.07) is 11.1. The second kappa shape index (κ2) is 9.39. The van der Waals surface area contributed by atoms with E-state index in [4.69, 9.17) is 15.5 Å². The summed E-state index contributed by atoms with van der Waals surface area (Å²) in [6.45, 7) is 5.62. The largest absolute Gasteiger partial charge is 0.378 e. The van der Waals surface area contributed by atoms with Crippen molar-refractivity contribution < 1.29 is 19.1 Å². The lowest BCUT2D eigenvalue weighted by Gasteiger charge is -2.26. The van der Waals surface area contributed by atoms with Gasteiger partial charge in [0.05, 0.1) is 29.5 Å². The average molecular weight is 517 g/mol. The molecule has 2 bridgehead atoms. The third-order valence-electron chi connectivity index (χ3n) is 7.82. The number of carbonyl (C=O) groups excluding carboxylic acids is 3. The van der Waals surface area contributed by atoms with Crippen molar-refractivity contribution in [3.8, 4) is 10.6 Å². The minimum atomic E-state index is -0.616. The van der Waals surface area contributed by atoms with Crippen molar-refractivity contribution in [3.05, 3.63) is 65.2 Å². The lowest BCUT2D eigenvalue weighted by molar-refractivity contribution is -0.114. The molecule has 2 fully saturated rings. The zero-order chi connectivity index (χ0) is 25.7. The fourth-order valence-corrected chi connectivity index (χ4v) is 6.76. The van der Waals surface area contributed by atoms with E-state index in [1.54, 1.807) is 11.0 Å². The van der Waals surface area contributed by atoms with Crippen LogP contribution in [0.4, 0.5) is 0 Å². The maximum atomic E-state index is 12.9. The topological polar surface area (TPSA) is 115 Å². The van der Waals surface area contributed by atoms with Crippen molar-refractivity contribution >= 4 is 39.3 Å². The fourth-order valence-electron chi connectivity index (χ4n) is 5.70. The Balaban J connectivity index is 1.20. The van der Waals surface area contributed by atoms with Crippen molar-refractivity contribution in [2.45, 2.75) is 31.9 Å². The summed E-state index contributed by atoms with van der Waals surface area (Å²) in [5.41, 5.74) is 9.26. The van der Waals surface area contributed by atoms with E-state index in [0.717, 1.165) is 52.2 Å². The second-order valence-electron chi connectivity index (χ2n) is 10.2. The molecule has 0 radical (unpaired) electrons. The van der Waals surface area contributed by atoms with Crippen LogP contribution < -0.4 is 11.1 Å². The summed E-state index contributed by atoms with van der Waals surface area (Å²) < 4.78 is 6.70. The molecule has 1 saturated carbocycles. The van der Waals surface area contributed by atoms with E-state index in [-0.39, 0.29) is 23.9 Å². The summed E-state index contributed by atoms with van der Waals surface area (Å²) in [5, 5.41) is 3.91. The van der Waals surface area contributed by atoms with Crippen molar-refractivity contribution in [3.63, 3.8) is 0 Å². The molecule has 3 aromatic rings. The number of nitrogens with zero attached hydrogens (tertiary/aromatic N) is 2. The van der Waals surface area contributed by atoms with Crippen molar-refractivity contribution in [2.75, 3.05) is 19.7 Å². The minimum Gasteiger partial charge on any atom is -0.378 e. The number of amides is 3. The number of thiazole rings is 1. The van der Waals surface area contributed by atoms with Gasteiger partial charge in [0.25, 0.3) is 11.8 Å². The third-order valence-corrected chi connectivity index (χ3v) is 8.87. The van der Waals surface area contributed by atoms with Crippen LogP contribution in [0.2, 0.25) is 0 Å². The van der Waals surface area contributed by atoms with Gasteiger partial charge in [-0.15, -0.1) is 11.3 Å². The molecular formula is C28H28N4O4S. The molecule has 3 aliphatic rings. The normalized spacial score (nSPS) is 22.3. The first-order chi connectivity index (χ1) is 17.9. The Morgan fingerprint density at radius 2 is 2.05 bits per heavy atom. The fraction of sp³-hybridized carbons (Fsp3) is 0.357. The smallest absolute Gasteiger partial charge is 0.254 e. The number of hydrogen-bond acceptors (Lipinski definition) is 6. The van der Waals surface area contributed by atoms with E-state index in [1.807, 2.05) is 30.3 Å². The summed E-state index contributed by atoms with van der Waals surface area (Å²) in [7, 11) is 0. The quantitative estimate of drug-likeness (QED) is 0.467. The summed E-state index contributed by atoms with van der Waals surface area (Å²) in [6.07, 6.45) is 3.72. The molecule has 2 aromatic carbocycles. The Bertz CT molecular complexity index is 1450. The van der Waals surface area contributed by atoms with Gasteiger partial charge in [-0.25, -0.2) is 4.98 Å². The Hall–Kier alpha value is -3.56. The Kier molecular flexibility index (Phi) is 6.04. The Labute approximate surface area is 218 Å². The van der Waals surface area contributed by atoms with Gasteiger partial charge in [-0.1, -0.05) is 18.7 Å². The number of ether oxygens (including phenoxy) is 1. The highest BCUT2D eigenvalue weighted by Crippen LogP contribution is 2.38. The minimum absolute atomic E-state index is 0.0746. The Morgan fingerprint density at radius 1 is 1.22 bits per heavy atom. The van der Waals surface area contributed by atoms with Crippen LogP contribution in [0.3, 0.4) is 0 Å².